The molecule has 0 fully saturated rings. The quantitative estimate of drug-likeness (QED) is 0.751. The molecule has 0 saturated heterocycles. The number of hydrogen-bond donors (Lipinski definition) is 1. The van der Waals surface area contributed by atoms with E-state index < -0.39 is 4.32 Å². The van der Waals surface area contributed by atoms with E-state index in [-0.39, 0.29) is 12.5 Å². The molecule has 0 atom stereocenters. The average Bonchev–Trinajstić information content (AvgIpc) is 2.01. The first-order valence-corrected chi connectivity index (χ1v) is 5.32. The van der Waals surface area contributed by atoms with Gasteiger partial charge in [-0.2, -0.15) is 0 Å². The number of halogens is 1. The molecule has 0 radical (unpaired) electrons. The van der Waals surface area contributed by atoms with Crippen molar-refractivity contribution in [3.63, 3.8) is 0 Å². The van der Waals surface area contributed by atoms with Gasteiger partial charge in [-0.05, 0) is 20.3 Å². The molecule has 0 aromatic carbocycles. The molecule has 0 saturated carbocycles. The summed E-state index contributed by atoms with van der Waals surface area (Å²) in [6.07, 6.45) is 0.912. The highest BCUT2D eigenvalue weighted by Gasteiger charge is 2.28. The zero-order valence-electron chi connectivity index (χ0n) is 8.51. The number of alkyl halides is 1. The van der Waals surface area contributed by atoms with Gasteiger partial charge < -0.3 is 10.0 Å². The Hall–Kier alpha value is -0.0900. The fourth-order valence-corrected chi connectivity index (χ4v) is 1.33. The van der Waals surface area contributed by atoms with Crippen molar-refractivity contribution < 1.29 is 9.90 Å². The molecule has 0 heterocycles. The highest BCUT2D eigenvalue weighted by molar-refractivity contribution is 9.10. The molecule has 4 heteroatoms. The second-order valence-electron chi connectivity index (χ2n) is 3.49. The van der Waals surface area contributed by atoms with Crippen LogP contribution in [0, 0.1) is 0 Å². The Morgan fingerprint density at radius 1 is 1.46 bits per heavy atom. The van der Waals surface area contributed by atoms with Crippen LogP contribution in [-0.4, -0.2) is 39.9 Å². The van der Waals surface area contributed by atoms with E-state index in [1.165, 1.54) is 0 Å². The van der Waals surface area contributed by atoms with Crippen LogP contribution in [0.2, 0.25) is 0 Å². The minimum Gasteiger partial charge on any atom is -0.395 e. The Morgan fingerprint density at radius 3 is 2.31 bits per heavy atom. The average molecular weight is 252 g/mol. The minimum atomic E-state index is -0.530. The van der Waals surface area contributed by atoms with Crippen LogP contribution >= 0.6 is 15.9 Å². The zero-order valence-corrected chi connectivity index (χ0v) is 10.1. The smallest absolute Gasteiger partial charge is 0.238 e. The maximum Gasteiger partial charge on any atom is 0.238 e. The molecule has 13 heavy (non-hydrogen) atoms. The molecule has 1 N–H and O–H groups in total. The summed E-state index contributed by atoms with van der Waals surface area (Å²) in [5.41, 5.74) is 0. The molecular formula is C9H18BrNO2. The van der Waals surface area contributed by atoms with Gasteiger partial charge in [0.05, 0.1) is 10.9 Å². The fourth-order valence-electron chi connectivity index (χ4n) is 1.08. The van der Waals surface area contributed by atoms with Gasteiger partial charge in [0.1, 0.15) is 0 Å². The molecule has 3 nitrogen and oxygen atoms in total. The van der Waals surface area contributed by atoms with E-state index >= 15 is 0 Å². The third-order valence-electron chi connectivity index (χ3n) is 1.66. The summed E-state index contributed by atoms with van der Waals surface area (Å²) in [6, 6.07) is 0. The summed E-state index contributed by atoms with van der Waals surface area (Å²) in [6.45, 7) is 6.79. The van der Waals surface area contributed by atoms with Gasteiger partial charge in [-0.3, -0.25) is 4.79 Å². The Balaban J connectivity index is 4.27. The molecule has 0 aliphatic carbocycles. The molecular weight excluding hydrogens is 234 g/mol. The van der Waals surface area contributed by atoms with Crippen molar-refractivity contribution in [3.05, 3.63) is 0 Å². The molecule has 0 aliphatic rings. The number of aliphatic hydroxyl groups excluding tert-OH is 1. The maximum atomic E-state index is 11.7. The van der Waals surface area contributed by atoms with Crippen molar-refractivity contribution in [1.82, 2.24) is 4.90 Å². The van der Waals surface area contributed by atoms with Gasteiger partial charge in [-0.25, -0.2) is 0 Å². The van der Waals surface area contributed by atoms with Gasteiger partial charge in [0.25, 0.3) is 0 Å². The van der Waals surface area contributed by atoms with E-state index in [9.17, 15) is 4.79 Å². The first-order chi connectivity index (χ1) is 5.93. The van der Waals surface area contributed by atoms with Gasteiger partial charge in [0.2, 0.25) is 5.91 Å². The third kappa shape index (κ3) is 4.62. The second kappa shape index (κ2) is 5.60. The predicted octanol–water partition coefficient (Wildman–Crippen LogP) is 1.39. The van der Waals surface area contributed by atoms with Crippen molar-refractivity contribution >= 4 is 21.8 Å². The Bertz CT molecular complexity index is 159. The summed E-state index contributed by atoms with van der Waals surface area (Å²) >= 11 is 3.31. The maximum absolute atomic E-state index is 11.7. The van der Waals surface area contributed by atoms with Crippen LogP contribution in [0.3, 0.4) is 0 Å². The van der Waals surface area contributed by atoms with Crippen LogP contribution in [0.15, 0.2) is 0 Å². The highest BCUT2D eigenvalue weighted by Crippen LogP contribution is 2.19. The number of carbonyl (C=O) groups is 1. The molecule has 0 unspecified atom stereocenters. The summed E-state index contributed by atoms with van der Waals surface area (Å²) < 4.78 is -0.530. The number of aliphatic hydroxyl groups is 1. The Morgan fingerprint density at radius 2 is 2.00 bits per heavy atom. The number of carbonyl (C=O) groups excluding carboxylic acids is 1. The number of rotatable bonds is 5. The topological polar surface area (TPSA) is 40.5 Å². The molecule has 0 rings (SSSR count). The first-order valence-electron chi connectivity index (χ1n) is 4.52. The molecule has 0 aromatic heterocycles. The second-order valence-corrected chi connectivity index (χ2v) is 5.47. The molecule has 0 aromatic rings. The normalized spacial score (nSPS) is 11.5. The Kier molecular flexibility index (Phi) is 5.56. The van der Waals surface area contributed by atoms with Crippen LogP contribution in [0.5, 0.6) is 0 Å². The van der Waals surface area contributed by atoms with E-state index in [2.05, 4.69) is 15.9 Å². The fraction of sp³-hybridized carbons (Fsp3) is 0.889. The van der Waals surface area contributed by atoms with Crippen LogP contribution in [0.1, 0.15) is 27.2 Å². The van der Waals surface area contributed by atoms with Gasteiger partial charge in [0.15, 0.2) is 0 Å². The predicted molar refractivity (Wildman–Crippen MR) is 57.0 cm³/mol. The Labute approximate surface area is 88.2 Å². The van der Waals surface area contributed by atoms with Crippen molar-refractivity contribution in [3.8, 4) is 0 Å². The monoisotopic (exact) mass is 251 g/mol. The zero-order chi connectivity index (χ0) is 10.5. The number of amides is 1. The van der Waals surface area contributed by atoms with Crippen molar-refractivity contribution in [1.29, 1.82) is 0 Å². The third-order valence-corrected chi connectivity index (χ3v) is 2.00. The van der Waals surface area contributed by atoms with Crippen molar-refractivity contribution in [2.24, 2.45) is 0 Å². The van der Waals surface area contributed by atoms with Gasteiger partial charge in [-0.15, -0.1) is 0 Å². The van der Waals surface area contributed by atoms with Gasteiger partial charge >= 0.3 is 0 Å². The van der Waals surface area contributed by atoms with Gasteiger partial charge in [0, 0.05) is 13.1 Å². The lowest BCUT2D eigenvalue weighted by molar-refractivity contribution is -0.133. The number of nitrogens with zero attached hydrogens (tertiary/aromatic N) is 1. The lowest BCUT2D eigenvalue weighted by Crippen LogP contribution is -2.43. The van der Waals surface area contributed by atoms with Crippen LogP contribution in [0.25, 0.3) is 0 Å². The lowest BCUT2D eigenvalue weighted by Gasteiger charge is -2.27. The summed E-state index contributed by atoms with van der Waals surface area (Å²) in [5.74, 6) is 0.0309. The van der Waals surface area contributed by atoms with Crippen LogP contribution in [-0.2, 0) is 4.79 Å². The van der Waals surface area contributed by atoms with E-state index in [1.54, 1.807) is 4.90 Å². The van der Waals surface area contributed by atoms with E-state index in [4.69, 9.17) is 5.11 Å². The standard InChI is InChI=1S/C9H18BrNO2/c1-4-5-11(6-7-12)8(13)9(2,3)10/h12H,4-7H2,1-3H3. The van der Waals surface area contributed by atoms with Crippen molar-refractivity contribution in [2.45, 2.75) is 31.5 Å². The highest BCUT2D eigenvalue weighted by atomic mass is 79.9. The molecule has 0 aliphatic heterocycles. The van der Waals surface area contributed by atoms with Gasteiger partial charge in [-0.1, -0.05) is 22.9 Å². The first kappa shape index (κ1) is 12.9. The summed E-state index contributed by atoms with van der Waals surface area (Å²) in [5, 5.41) is 8.77. The van der Waals surface area contributed by atoms with Crippen LogP contribution < -0.4 is 0 Å². The minimum absolute atomic E-state index is 0.0226. The largest absolute Gasteiger partial charge is 0.395 e. The summed E-state index contributed by atoms with van der Waals surface area (Å²) in [4.78, 5) is 13.4. The molecule has 78 valence electrons. The van der Waals surface area contributed by atoms with Crippen LogP contribution in [0.4, 0.5) is 0 Å². The lowest BCUT2D eigenvalue weighted by atomic mass is 10.2. The molecule has 0 bridgehead atoms. The molecule has 1 amide bonds. The van der Waals surface area contributed by atoms with E-state index in [0.717, 1.165) is 6.42 Å². The van der Waals surface area contributed by atoms with E-state index in [1.807, 2.05) is 20.8 Å². The summed E-state index contributed by atoms with van der Waals surface area (Å²) in [7, 11) is 0. The molecule has 0 spiro atoms. The van der Waals surface area contributed by atoms with E-state index in [0.29, 0.717) is 13.1 Å². The van der Waals surface area contributed by atoms with Crippen molar-refractivity contribution in [2.75, 3.05) is 19.7 Å². The number of hydrogen-bond acceptors (Lipinski definition) is 2. The SMILES string of the molecule is CCCN(CCO)C(=O)C(C)(C)Br.